The molecule has 3 aliphatic rings. The third kappa shape index (κ3) is 2.02. The number of non-ortho nitro benzene ring substituents is 1. The Balaban J connectivity index is 1.77. The highest BCUT2D eigenvalue weighted by molar-refractivity contribution is 6.14. The minimum Gasteiger partial charge on any atom is -0.367 e. The Kier molecular flexibility index (Phi) is 3.19. The number of carbonyl (C=O) groups excluding carboxylic acids is 2. The summed E-state index contributed by atoms with van der Waals surface area (Å²) in [6.45, 7) is 0.792. The topological polar surface area (TPSA) is 92.5 Å². The maximum atomic E-state index is 13.2. The van der Waals surface area contributed by atoms with Crippen molar-refractivity contribution in [3.05, 3.63) is 69.3 Å². The Morgan fingerprint density at radius 1 is 1.19 bits per heavy atom. The van der Waals surface area contributed by atoms with Gasteiger partial charge < -0.3 is 4.90 Å². The van der Waals surface area contributed by atoms with Gasteiger partial charge in [-0.2, -0.15) is 0 Å². The molecule has 1 N–H and O–H groups in total. The summed E-state index contributed by atoms with van der Waals surface area (Å²) in [7, 11) is 0. The predicted octanol–water partition coefficient (Wildman–Crippen LogP) is 2.33. The summed E-state index contributed by atoms with van der Waals surface area (Å²) >= 11 is 0. The van der Waals surface area contributed by atoms with Gasteiger partial charge in [-0.05, 0) is 42.5 Å². The molecular formula is C20H17N3O4. The quantitative estimate of drug-likeness (QED) is 0.477. The van der Waals surface area contributed by atoms with Crippen molar-refractivity contribution in [3.8, 4) is 0 Å². The van der Waals surface area contributed by atoms with Gasteiger partial charge in [-0.25, -0.2) is 0 Å². The van der Waals surface area contributed by atoms with Crippen molar-refractivity contribution in [3.63, 3.8) is 0 Å². The van der Waals surface area contributed by atoms with E-state index in [1.54, 1.807) is 24.3 Å². The van der Waals surface area contributed by atoms with Gasteiger partial charge in [0, 0.05) is 36.0 Å². The van der Waals surface area contributed by atoms with Crippen molar-refractivity contribution in [1.82, 2.24) is 5.32 Å². The lowest BCUT2D eigenvalue weighted by Gasteiger charge is -2.49. The molecule has 1 fully saturated rings. The van der Waals surface area contributed by atoms with Gasteiger partial charge in [-0.15, -0.1) is 0 Å². The first-order chi connectivity index (χ1) is 13.0. The molecule has 0 bridgehead atoms. The average Bonchev–Trinajstić information content (AvgIpc) is 3.16. The highest BCUT2D eigenvalue weighted by Crippen LogP contribution is 2.50. The summed E-state index contributed by atoms with van der Waals surface area (Å²) in [5, 5.41) is 13.8. The number of rotatable bonds is 1. The fraction of sp³-hybridized carbons (Fsp3) is 0.300. The Bertz CT molecular complexity index is 1020. The molecule has 2 aromatic carbocycles. The van der Waals surface area contributed by atoms with Crippen LogP contribution in [-0.4, -0.2) is 29.3 Å². The third-order valence-corrected chi connectivity index (χ3v) is 6.16. The van der Waals surface area contributed by atoms with Gasteiger partial charge in [-0.1, -0.05) is 18.2 Å². The minimum absolute atomic E-state index is 0.0159. The molecule has 27 heavy (non-hydrogen) atoms. The molecule has 0 radical (unpaired) electrons. The Hall–Kier alpha value is -3.22. The molecule has 2 aromatic rings. The minimum atomic E-state index is -0.913. The maximum absolute atomic E-state index is 13.2. The largest absolute Gasteiger partial charge is 0.367 e. The van der Waals surface area contributed by atoms with Crippen LogP contribution in [0.2, 0.25) is 0 Å². The number of hydrogen-bond acceptors (Lipinski definition) is 5. The van der Waals surface area contributed by atoms with E-state index in [1.807, 2.05) is 12.1 Å². The van der Waals surface area contributed by atoms with Crippen molar-refractivity contribution in [2.75, 3.05) is 11.4 Å². The normalized spacial score (nSPS) is 25.6. The number of nitro benzene ring substituents is 1. The SMILES string of the molecule is O=C1NC(=O)[C@]2(Cc3cc([N+](=O)[O-])ccc3N3CCC[C@H]32)c2ccccc21. The standard InChI is InChI=1S/C20H17N3O4/c24-18-14-4-1-2-5-15(14)20(19(25)21-18)11-12-10-13(23(26)27)7-8-16(12)22-9-3-6-17(20)22/h1-2,4-5,7-8,10,17H,3,6,9,11H2,(H,21,24,25)/t17-,20+/m0/s1. The molecule has 7 nitrogen and oxygen atoms in total. The van der Waals surface area contributed by atoms with Crippen LogP contribution in [0, 0.1) is 10.1 Å². The average molecular weight is 363 g/mol. The fourth-order valence-electron chi connectivity index (χ4n) is 5.07. The second-order valence-corrected chi connectivity index (χ2v) is 7.40. The van der Waals surface area contributed by atoms with Gasteiger partial charge in [-0.3, -0.25) is 25.0 Å². The zero-order valence-electron chi connectivity index (χ0n) is 14.5. The number of amides is 2. The number of benzene rings is 2. The highest BCUT2D eigenvalue weighted by Gasteiger charge is 2.57. The molecule has 0 aliphatic carbocycles. The summed E-state index contributed by atoms with van der Waals surface area (Å²) in [6.07, 6.45) is 2.12. The van der Waals surface area contributed by atoms with Crippen LogP contribution in [-0.2, 0) is 16.6 Å². The van der Waals surface area contributed by atoms with Gasteiger partial charge in [0.05, 0.1) is 10.3 Å². The van der Waals surface area contributed by atoms with Crippen LogP contribution in [0.5, 0.6) is 0 Å². The Morgan fingerprint density at radius 3 is 2.81 bits per heavy atom. The summed E-state index contributed by atoms with van der Waals surface area (Å²) in [6, 6.07) is 12.0. The molecule has 1 spiro atoms. The molecule has 2 amide bonds. The van der Waals surface area contributed by atoms with Crippen molar-refractivity contribution in [1.29, 1.82) is 0 Å². The number of imide groups is 1. The van der Waals surface area contributed by atoms with E-state index >= 15 is 0 Å². The molecular weight excluding hydrogens is 346 g/mol. The number of fused-ring (bicyclic) bond motifs is 6. The first kappa shape index (κ1) is 16.0. The van der Waals surface area contributed by atoms with Crippen LogP contribution in [0.25, 0.3) is 0 Å². The van der Waals surface area contributed by atoms with Gasteiger partial charge in [0.25, 0.3) is 11.6 Å². The van der Waals surface area contributed by atoms with E-state index in [2.05, 4.69) is 10.2 Å². The zero-order chi connectivity index (χ0) is 18.8. The molecule has 3 aliphatic heterocycles. The van der Waals surface area contributed by atoms with Crippen molar-refractivity contribution in [2.24, 2.45) is 0 Å². The molecule has 0 saturated carbocycles. The van der Waals surface area contributed by atoms with E-state index in [0.717, 1.165) is 36.2 Å². The fourth-order valence-corrected chi connectivity index (χ4v) is 5.07. The van der Waals surface area contributed by atoms with E-state index in [0.29, 0.717) is 12.0 Å². The zero-order valence-corrected chi connectivity index (χ0v) is 14.5. The van der Waals surface area contributed by atoms with Gasteiger partial charge in [0.2, 0.25) is 5.91 Å². The van der Waals surface area contributed by atoms with E-state index < -0.39 is 10.3 Å². The summed E-state index contributed by atoms with van der Waals surface area (Å²) in [4.78, 5) is 38.6. The first-order valence-electron chi connectivity index (χ1n) is 9.01. The predicted molar refractivity (Wildman–Crippen MR) is 97.8 cm³/mol. The first-order valence-corrected chi connectivity index (χ1v) is 9.01. The van der Waals surface area contributed by atoms with Gasteiger partial charge in [0.1, 0.15) is 0 Å². The van der Waals surface area contributed by atoms with E-state index in [-0.39, 0.29) is 23.5 Å². The molecule has 136 valence electrons. The van der Waals surface area contributed by atoms with Crippen molar-refractivity contribution in [2.45, 2.75) is 30.7 Å². The lowest BCUT2D eigenvalue weighted by molar-refractivity contribution is -0.384. The number of nitrogens with one attached hydrogen (secondary N) is 1. The van der Waals surface area contributed by atoms with Crippen LogP contribution in [0.15, 0.2) is 42.5 Å². The Labute approximate surface area is 155 Å². The van der Waals surface area contributed by atoms with E-state index in [9.17, 15) is 19.7 Å². The van der Waals surface area contributed by atoms with E-state index in [1.165, 1.54) is 6.07 Å². The van der Waals surface area contributed by atoms with Crippen molar-refractivity contribution < 1.29 is 14.5 Å². The molecule has 0 unspecified atom stereocenters. The van der Waals surface area contributed by atoms with Crippen LogP contribution in [0.4, 0.5) is 11.4 Å². The Morgan fingerprint density at radius 2 is 2.00 bits per heavy atom. The molecule has 7 heteroatoms. The van der Waals surface area contributed by atoms with Crippen molar-refractivity contribution >= 4 is 23.2 Å². The lowest BCUT2D eigenvalue weighted by Crippen LogP contribution is -2.64. The highest BCUT2D eigenvalue weighted by atomic mass is 16.6. The van der Waals surface area contributed by atoms with Gasteiger partial charge >= 0.3 is 0 Å². The second kappa shape index (κ2) is 5.39. The van der Waals surface area contributed by atoms with Crippen LogP contribution in [0.3, 0.4) is 0 Å². The van der Waals surface area contributed by atoms with Gasteiger partial charge in [0.15, 0.2) is 0 Å². The van der Waals surface area contributed by atoms with Crippen LogP contribution in [0.1, 0.15) is 34.3 Å². The van der Waals surface area contributed by atoms with Crippen LogP contribution >= 0.6 is 0 Å². The summed E-state index contributed by atoms with van der Waals surface area (Å²) in [5.74, 6) is -0.684. The molecule has 3 heterocycles. The maximum Gasteiger partial charge on any atom is 0.269 e. The van der Waals surface area contributed by atoms with Crippen LogP contribution < -0.4 is 10.2 Å². The second-order valence-electron chi connectivity index (χ2n) is 7.40. The number of carbonyl (C=O) groups is 2. The molecule has 5 rings (SSSR count). The lowest BCUT2D eigenvalue weighted by atomic mass is 9.63. The summed E-state index contributed by atoms with van der Waals surface area (Å²) in [5.41, 5.74) is 2.08. The number of hydrogen-bond donors (Lipinski definition) is 1. The monoisotopic (exact) mass is 363 g/mol. The summed E-state index contributed by atoms with van der Waals surface area (Å²) < 4.78 is 0. The number of anilines is 1. The number of nitrogens with zero attached hydrogens (tertiary/aromatic N) is 2. The van der Waals surface area contributed by atoms with E-state index in [4.69, 9.17) is 0 Å². The molecule has 1 saturated heterocycles. The third-order valence-electron chi connectivity index (χ3n) is 6.16. The smallest absolute Gasteiger partial charge is 0.269 e. The molecule has 2 atom stereocenters. The molecule has 0 aromatic heterocycles. The number of nitro groups is 1.